The number of imide groups is 1. The van der Waals surface area contributed by atoms with E-state index in [1.807, 2.05) is 0 Å². The third-order valence-corrected chi connectivity index (χ3v) is 7.40. The largest absolute Gasteiger partial charge is 0.376 e. The zero-order chi connectivity index (χ0) is 24.4. The summed E-state index contributed by atoms with van der Waals surface area (Å²) in [5.41, 5.74) is 3.31. The number of carbonyl (C=O) groups is 3. The average molecular weight is 476 g/mol. The lowest BCUT2D eigenvalue weighted by atomic mass is 9.99. The second kappa shape index (κ2) is 10.3. The maximum absolute atomic E-state index is 12.9. The van der Waals surface area contributed by atoms with Crippen LogP contribution >= 0.6 is 0 Å². The fourth-order valence-electron chi connectivity index (χ4n) is 5.12. The molecule has 0 saturated carbocycles. The molecule has 2 aromatic carbocycles. The van der Waals surface area contributed by atoms with Crippen LogP contribution in [0.1, 0.15) is 74.8 Å². The van der Waals surface area contributed by atoms with Gasteiger partial charge in [0, 0.05) is 25.3 Å². The van der Waals surface area contributed by atoms with Gasteiger partial charge in [-0.2, -0.15) is 0 Å². The van der Waals surface area contributed by atoms with Gasteiger partial charge in [-0.1, -0.05) is 31.2 Å². The molecular formula is C28H33N3O4. The van der Waals surface area contributed by atoms with Crippen molar-refractivity contribution >= 4 is 17.7 Å². The molecule has 5 rings (SSSR count). The first-order valence-corrected chi connectivity index (χ1v) is 12.7. The Morgan fingerprint density at radius 1 is 0.971 bits per heavy atom. The summed E-state index contributed by atoms with van der Waals surface area (Å²) in [4.78, 5) is 42.1. The number of likely N-dealkylation sites (tertiary alicyclic amines) is 1. The number of piperidine rings is 1. The second-order valence-electron chi connectivity index (χ2n) is 10.1. The van der Waals surface area contributed by atoms with Crippen LogP contribution in [0.25, 0.3) is 0 Å². The van der Waals surface area contributed by atoms with Crippen LogP contribution in [0.5, 0.6) is 0 Å². The summed E-state index contributed by atoms with van der Waals surface area (Å²) in [5, 5.41) is 2.93. The van der Waals surface area contributed by atoms with Gasteiger partial charge < -0.3 is 10.1 Å². The Bertz CT molecular complexity index is 1100. The number of hydrogen-bond donors (Lipinski definition) is 1. The highest BCUT2D eigenvalue weighted by Crippen LogP contribution is 2.26. The number of carbonyl (C=O) groups excluding carboxylic acids is 3. The molecule has 2 aromatic rings. The van der Waals surface area contributed by atoms with E-state index in [4.69, 9.17) is 4.74 Å². The Kier molecular flexibility index (Phi) is 6.97. The molecular weight excluding hydrogens is 442 g/mol. The van der Waals surface area contributed by atoms with Crippen LogP contribution in [-0.4, -0.2) is 59.9 Å². The van der Waals surface area contributed by atoms with E-state index in [-0.39, 0.29) is 35.9 Å². The molecule has 0 radical (unpaired) electrons. The molecule has 35 heavy (non-hydrogen) atoms. The Morgan fingerprint density at radius 2 is 1.69 bits per heavy atom. The van der Waals surface area contributed by atoms with E-state index in [0.29, 0.717) is 24.3 Å². The lowest BCUT2D eigenvalue weighted by Crippen LogP contribution is -2.36. The normalized spacial score (nSPS) is 20.9. The summed E-state index contributed by atoms with van der Waals surface area (Å²) in [7, 11) is 0. The maximum Gasteiger partial charge on any atom is 0.261 e. The number of hydrogen-bond acceptors (Lipinski definition) is 5. The van der Waals surface area contributed by atoms with Crippen LogP contribution in [0.15, 0.2) is 42.5 Å². The van der Waals surface area contributed by atoms with Crippen LogP contribution < -0.4 is 5.32 Å². The van der Waals surface area contributed by atoms with Crippen molar-refractivity contribution in [2.75, 3.05) is 26.2 Å². The fourth-order valence-corrected chi connectivity index (χ4v) is 5.12. The summed E-state index contributed by atoms with van der Waals surface area (Å²) < 4.78 is 5.58. The van der Waals surface area contributed by atoms with E-state index in [2.05, 4.69) is 41.4 Å². The van der Waals surface area contributed by atoms with Crippen LogP contribution in [0.4, 0.5) is 0 Å². The van der Waals surface area contributed by atoms with Gasteiger partial charge in [-0.25, -0.2) is 0 Å². The Hall–Kier alpha value is -3.03. The lowest BCUT2D eigenvalue weighted by molar-refractivity contribution is 0.0475. The first-order chi connectivity index (χ1) is 17.0. The third-order valence-electron chi connectivity index (χ3n) is 7.40. The summed E-state index contributed by atoms with van der Waals surface area (Å²) in [6, 6.07) is 13.1. The highest BCUT2D eigenvalue weighted by Gasteiger charge is 2.37. The highest BCUT2D eigenvalue weighted by atomic mass is 16.5. The minimum absolute atomic E-state index is 0.102. The number of amides is 3. The molecule has 184 valence electrons. The molecule has 3 aliphatic rings. The minimum Gasteiger partial charge on any atom is -0.376 e. The monoisotopic (exact) mass is 475 g/mol. The Labute approximate surface area is 206 Å². The number of nitrogens with one attached hydrogen (secondary N) is 1. The molecule has 0 spiro atoms. The summed E-state index contributed by atoms with van der Waals surface area (Å²) >= 11 is 0. The van der Waals surface area contributed by atoms with Gasteiger partial charge in [-0.05, 0) is 74.0 Å². The predicted octanol–water partition coefficient (Wildman–Crippen LogP) is 3.62. The van der Waals surface area contributed by atoms with Gasteiger partial charge in [0.15, 0.2) is 0 Å². The number of rotatable bonds is 7. The molecule has 1 N–H and O–H groups in total. The highest BCUT2D eigenvalue weighted by molar-refractivity contribution is 6.22. The fraction of sp³-hybridized carbons (Fsp3) is 0.464. The first kappa shape index (κ1) is 23.7. The molecule has 1 unspecified atom stereocenters. The molecule has 2 fully saturated rings. The van der Waals surface area contributed by atoms with Crippen LogP contribution in [0, 0.1) is 5.92 Å². The van der Waals surface area contributed by atoms with E-state index >= 15 is 0 Å². The topological polar surface area (TPSA) is 79.0 Å². The van der Waals surface area contributed by atoms with Gasteiger partial charge in [-0.3, -0.25) is 24.2 Å². The van der Waals surface area contributed by atoms with Crippen molar-refractivity contribution in [3.05, 3.63) is 70.3 Å². The number of nitrogens with zero attached hydrogens (tertiary/aromatic N) is 2. The number of benzene rings is 2. The van der Waals surface area contributed by atoms with Crippen molar-refractivity contribution in [2.24, 2.45) is 5.92 Å². The van der Waals surface area contributed by atoms with Gasteiger partial charge in [0.05, 0.1) is 23.8 Å². The van der Waals surface area contributed by atoms with Crippen LogP contribution in [-0.2, 0) is 17.8 Å². The predicted molar refractivity (Wildman–Crippen MR) is 132 cm³/mol. The van der Waals surface area contributed by atoms with Crippen molar-refractivity contribution in [1.82, 2.24) is 15.1 Å². The van der Waals surface area contributed by atoms with E-state index in [1.54, 1.807) is 12.1 Å². The molecule has 1 atom stereocenters. The van der Waals surface area contributed by atoms with Crippen molar-refractivity contribution in [3.63, 3.8) is 0 Å². The van der Waals surface area contributed by atoms with Gasteiger partial charge in [0.2, 0.25) is 0 Å². The number of fused-ring (bicyclic) bond motifs is 1. The van der Waals surface area contributed by atoms with E-state index in [0.717, 1.165) is 44.0 Å². The van der Waals surface area contributed by atoms with Crippen molar-refractivity contribution < 1.29 is 19.1 Å². The lowest BCUT2D eigenvalue weighted by Gasteiger charge is -2.30. The SMILES string of the molecule is CC1CCN(Cc2ccc(CNC(=O)c3ccc4c(c3)C(=O)N(CC3CCCO3)C4=O)cc2)CC1. The second-order valence-corrected chi connectivity index (χ2v) is 10.1. The maximum atomic E-state index is 12.9. The molecule has 2 saturated heterocycles. The molecule has 0 bridgehead atoms. The van der Waals surface area contributed by atoms with Gasteiger partial charge in [0.1, 0.15) is 0 Å². The smallest absolute Gasteiger partial charge is 0.261 e. The van der Waals surface area contributed by atoms with Gasteiger partial charge >= 0.3 is 0 Å². The Balaban J connectivity index is 1.16. The van der Waals surface area contributed by atoms with E-state index in [9.17, 15) is 14.4 Å². The van der Waals surface area contributed by atoms with Crippen molar-refractivity contribution in [1.29, 1.82) is 0 Å². The molecule has 3 aliphatic heterocycles. The van der Waals surface area contributed by atoms with Gasteiger partial charge in [-0.15, -0.1) is 0 Å². The Morgan fingerprint density at radius 3 is 2.40 bits per heavy atom. The summed E-state index contributed by atoms with van der Waals surface area (Å²) in [6.45, 7) is 6.92. The van der Waals surface area contributed by atoms with Crippen molar-refractivity contribution in [3.8, 4) is 0 Å². The molecule has 3 heterocycles. The van der Waals surface area contributed by atoms with E-state index in [1.165, 1.54) is 29.4 Å². The molecule has 0 aliphatic carbocycles. The summed E-state index contributed by atoms with van der Waals surface area (Å²) in [6.07, 6.45) is 4.21. The van der Waals surface area contributed by atoms with Crippen LogP contribution in [0.3, 0.4) is 0 Å². The molecule has 7 nitrogen and oxygen atoms in total. The average Bonchev–Trinajstić information content (AvgIpc) is 3.47. The molecule has 3 amide bonds. The van der Waals surface area contributed by atoms with Gasteiger partial charge in [0.25, 0.3) is 17.7 Å². The number of ether oxygens (including phenoxy) is 1. The standard InChI is InChI=1S/C28H33N3O4/c1-19-10-12-30(13-11-19)17-21-6-4-20(5-7-21)16-29-26(32)22-8-9-24-25(15-22)28(34)31(27(24)33)18-23-3-2-14-35-23/h4-9,15,19,23H,2-3,10-14,16-18H2,1H3,(H,29,32). The zero-order valence-corrected chi connectivity index (χ0v) is 20.3. The summed E-state index contributed by atoms with van der Waals surface area (Å²) in [5.74, 6) is -0.107. The molecule has 0 aromatic heterocycles. The molecule has 7 heteroatoms. The van der Waals surface area contributed by atoms with Crippen molar-refractivity contribution in [2.45, 2.75) is 51.8 Å². The third kappa shape index (κ3) is 5.31. The minimum atomic E-state index is -0.353. The van der Waals surface area contributed by atoms with E-state index < -0.39 is 0 Å². The first-order valence-electron chi connectivity index (χ1n) is 12.7. The quantitative estimate of drug-likeness (QED) is 0.619. The zero-order valence-electron chi connectivity index (χ0n) is 20.3. The van der Waals surface area contributed by atoms with Crippen LogP contribution in [0.2, 0.25) is 0 Å².